The quantitative estimate of drug-likeness (QED) is 0.439. The van der Waals surface area contributed by atoms with Gasteiger partial charge in [0.05, 0.1) is 16.8 Å². The highest BCUT2D eigenvalue weighted by atomic mass is 35.5. The van der Waals surface area contributed by atoms with Crippen molar-refractivity contribution >= 4 is 23.5 Å². The lowest BCUT2D eigenvalue weighted by Crippen LogP contribution is -2.28. The van der Waals surface area contributed by atoms with Gasteiger partial charge in [0.1, 0.15) is 5.82 Å². The van der Waals surface area contributed by atoms with E-state index in [0.717, 1.165) is 12.1 Å². The van der Waals surface area contributed by atoms with E-state index in [4.69, 9.17) is 16.7 Å². The monoisotopic (exact) mass is 484 g/mol. The van der Waals surface area contributed by atoms with E-state index in [-0.39, 0.29) is 24.2 Å². The first-order valence-corrected chi connectivity index (χ1v) is 9.80. The van der Waals surface area contributed by atoms with Crippen LogP contribution in [0, 0.1) is 5.82 Å². The van der Waals surface area contributed by atoms with Gasteiger partial charge in [-0.15, -0.1) is 0 Å². The molecule has 0 saturated carbocycles. The number of nitrogens with one attached hydrogen (secondary N) is 2. The molecular weight excluding hydrogens is 468 g/mol. The van der Waals surface area contributed by atoms with Crippen LogP contribution in [0.15, 0.2) is 42.5 Å². The minimum absolute atomic E-state index is 0.108. The number of carbonyl (C=O) groups is 2. The largest absolute Gasteiger partial charge is 0.478 e. The van der Waals surface area contributed by atoms with Gasteiger partial charge in [0.15, 0.2) is 5.69 Å². The van der Waals surface area contributed by atoms with Crippen LogP contribution >= 0.6 is 11.6 Å². The summed E-state index contributed by atoms with van der Waals surface area (Å²) in [5.41, 5.74) is 0.281. The molecule has 0 aliphatic rings. The van der Waals surface area contributed by atoms with E-state index >= 15 is 0 Å². The predicted octanol–water partition coefficient (Wildman–Crippen LogP) is 4.09. The summed E-state index contributed by atoms with van der Waals surface area (Å²) in [6.07, 6.45) is -5.02. The second-order valence-electron chi connectivity index (χ2n) is 6.91. The van der Waals surface area contributed by atoms with Crippen molar-refractivity contribution in [3.63, 3.8) is 0 Å². The molecule has 0 saturated heterocycles. The maximum Gasteiger partial charge on any atom is 0.435 e. The maximum atomic E-state index is 13.9. The minimum Gasteiger partial charge on any atom is -0.478 e. The first-order valence-electron chi connectivity index (χ1n) is 9.42. The fourth-order valence-electron chi connectivity index (χ4n) is 3.20. The third-order valence-corrected chi connectivity index (χ3v) is 4.88. The third-order valence-electron chi connectivity index (χ3n) is 4.64. The summed E-state index contributed by atoms with van der Waals surface area (Å²) >= 11 is 5.95. The van der Waals surface area contributed by atoms with E-state index in [1.54, 1.807) is 24.3 Å². The number of halogens is 5. The average Bonchev–Trinajstić information content (AvgIpc) is 3.10. The molecule has 174 valence electrons. The summed E-state index contributed by atoms with van der Waals surface area (Å²) < 4.78 is 55.3. The van der Waals surface area contributed by atoms with E-state index in [1.807, 2.05) is 0 Å². The van der Waals surface area contributed by atoms with Gasteiger partial charge in [0.25, 0.3) is 5.91 Å². The number of carbonyl (C=O) groups excluding carboxylic acids is 1. The molecule has 0 aliphatic carbocycles. The number of rotatable bonds is 7. The molecule has 0 aliphatic heterocycles. The summed E-state index contributed by atoms with van der Waals surface area (Å²) in [4.78, 5) is 24.2. The Morgan fingerprint density at radius 3 is 2.45 bits per heavy atom. The van der Waals surface area contributed by atoms with Crippen molar-refractivity contribution in [2.24, 2.45) is 0 Å². The zero-order valence-corrected chi connectivity index (χ0v) is 17.8. The summed E-state index contributed by atoms with van der Waals surface area (Å²) in [6, 6.07) is 9.53. The average molecular weight is 485 g/mol. The first-order chi connectivity index (χ1) is 15.5. The van der Waals surface area contributed by atoms with Crippen molar-refractivity contribution in [1.29, 1.82) is 0 Å². The number of hydrogen-bond acceptors (Lipinski definition) is 4. The van der Waals surface area contributed by atoms with E-state index in [2.05, 4.69) is 15.8 Å². The highest BCUT2D eigenvalue weighted by molar-refractivity contribution is 6.30. The second-order valence-corrected chi connectivity index (χ2v) is 7.35. The number of benzene rings is 2. The van der Waals surface area contributed by atoms with Gasteiger partial charge in [-0.25, -0.2) is 9.18 Å². The summed E-state index contributed by atoms with van der Waals surface area (Å²) in [6.45, 7) is -0.339. The number of alkyl halides is 3. The van der Waals surface area contributed by atoms with Crippen LogP contribution < -0.4 is 10.7 Å². The van der Waals surface area contributed by atoms with Gasteiger partial charge in [-0.1, -0.05) is 29.8 Å². The zero-order valence-electron chi connectivity index (χ0n) is 17.0. The molecule has 0 unspecified atom stereocenters. The van der Waals surface area contributed by atoms with Gasteiger partial charge in [0.2, 0.25) is 0 Å². The number of carboxylic acids is 1. The van der Waals surface area contributed by atoms with Crippen molar-refractivity contribution in [3.8, 4) is 0 Å². The number of hydrogen-bond donors (Lipinski definition) is 3. The molecule has 12 heteroatoms. The molecule has 0 atom stereocenters. The number of carboxylic acid groups (broad SMARTS) is 1. The topological polar surface area (TPSA) is 96.3 Å². The fourth-order valence-corrected chi connectivity index (χ4v) is 3.42. The van der Waals surface area contributed by atoms with E-state index in [1.165, 1.54) is 13.1 Å². The fraction of sp³-hybridized carbons (Fsp3) is 0.190. The van der Waals surface area contributed by atoms with Crippen LogP contribution in [-0.4, -0.2) is 33.9 Å². The molecule has 1 amide bonds. The lowest BCUT2D eigenvalue weighted by molar-refractivity contribution is -0.143. The normalized spacial score (nSPS) is 11.3. The van der Waals surface area contributed by atoms with Gasteiger partial charge in [-0.05, 0) is 35.4 Å². The van der Waals surface area contributed by atoms with Gasteiger partial charge in [0, 0.05) is 25.0 Å². The molecule has 3 aromatic rings. The first kappa shape index (κ1) is 24.1. The van der Waals surface area contributed by atoms with Crippen molar-refractivity contribution in [2.75, 3.05) is 12.5 Å². The highest BCUT2D eigenvalue weighted by Gasteiger charge is 2.42. The predicted molar refractivity (Wildman–Crippen MR) is 111 cm³/mol. The van der Waals surface area contributed by atoms with Gasteiger partial charge in [-0.2, -0.15) is 23.1 Å². The van der Waals surface area contributed by atoms with E-state index < -0.39 is 40.7 Å². The Kier molecular flexibility index (Phi) is 6.92. The minimum atomic E-state index is -4.91. The lowest BCUT2D eigenvalue weighted by Gasteiger charge is -2.12. The third kappa shape index (κ3) is 5.43. The molecule has 3 N–H and O–H groups in total. The lowest BCUT2D eigenvalue weighted by atomic mass is 10.0. The standard InChI is InChI=1S/C21H17ClF4N4O3/c1-27-30-18(21(24,25)26)17(16(29-30)9-11-3-2-4-13(22)7-11)19(31)28-10-12-5-6-14(20(32)33)15(23)8-12/h2-8,27H,9-10H2,1H3,(H,28,31)(H,32,33). The number of nitrogens with zero attached hydrogens (tertiary/aromatic N) is 2. The second kappa shape index (κ2) is 9.49. The summed E-state index contributed by atoms with van der Waals surface area (Å²) in [5, 5.41) is 15.5. The Bertz CT molecular complexity index is 1210. The van der Waals surface area contributed by atoms with Crippen molar-refractivity contribution in [3.05, 3.63) is 86.9 Å². The number of amides is 1. The number of aromatic nitrogens is 2. The molecule has 3 rings (SSSR count). The Balaban J connectivity index is 1.95. The molecule has 0 bridgehead atoms. The SMILES string of the molecule is CNn1nc(Cc2cccc(Cl)c2)c(C(=O)NCc2ccc(C(=O)O)c(F)c2)c1C(F)(F)F. The van der Waals surface area contributed by atoms with Gasteiger partial charge >= 0.3 is 12.1 Å². The van der Waals surface area contributed by atoms with E-state index in [0.29, 0.717) is 15.4 Å². The summed E-state index contributed by atoms with van der Waals surface area (Å²) in [5.74, 6) is -3.58. The number of aromatic carboxylic acids is 1. The van der Waals surface area contributed by atoms with Crippen LogP contribution in [0.1, 0.15) is 43.2 Å². The molecular formula is C21H17ClF4N4O3. The van der Waals surface area contributed by atoms with Crippen LogP contribution in [0.3, 0.4) is 0 Å². The summed E-state index contributed by atoms with van der Waals surface area (Å²) in [7, 11) is 1.22. The highest BCUT2D eigenvalue weighted by Crippen LogP contribution is 2.34. The van der Waals surface area contributed by atoms with Crippen molar-refractivity contribution in [2.45, 2.75) is 19.1 Å². The maximum absolute atomic E-state index is 13.9. The van der Waals surface area contributed by atoms with Gasteiger partial charge < -0.3 is 15.8 Å². The molecule has 2 aromatic carbocycles. The molecule has 1 aromatic heterocycles. The van der Waals surface area contributed by atoms with Crippen LogP contribution in [-0.2, 0) is 19.1 Å². The molecule has 0 spiro atoms. The molecule has 33 heavy (non-hydrogen) atoms. The Labute approximate surface area is 189 Å². The molecule has 1 heterocycles. The molecule has 0 fully saturated rings. The van der Waals surface area contributed by atoms with Gasteiger partial charge in [-0.3, -0.25) is 4.79 Å². The Morgan fingerprint density at radius 2 is 1.88 bits per heavy atom. The molecule has 0 radical (unpaired) electrons. The van der Waals surface area contributed by atoms with Crippen molar-refractivity contribution in [1.82, 2.24) is 15.2 Å². The van der Waals surface area contributed by atoms with Crippen LogP contribution in [0.2, 0.25) is 5.02 Å². The Hall–Kier alpha value is -3.60. The Morgan fingerprint density at radius 1 is 1.15 bits per heavy atom. The van der Waals surface area contributed by atoms with Crippen LogP contribution in [0.25, 0.3) is 0 Å². The smallest absolute Gasteiger partial charge is 0.435 e. The zero-order chi connectivity index (χ0) is 24.3. The van der Waals surface area contributed by atoms with Crippen molar-refractivity contribution < 1.29 is 32.3 Å². The molecule has 7 nitrogen and oxygen atoms in total. The van der Waals surface area contributed by atoms with Crippen LogP contribution in [0.5, 0.6) is 0 Å². The van der Waals surface area contributed by atoms with Crippen LogP contribution in [0.4, 0.5) is 17.6 Å². The van der Waals surface area contributed by atoms with E-state index in [9.17, 15) is 27.2 Å².